The number of hydrogen-bond donors (Lipinski definition) is 1. The van der Waals surface area contributed by atoms with Crippen molar-refractivity contribution in [3.63, 3.8) is 0 Å². The Kier molecular flexibility index (Phi) is 2.91. The molecule has 2 aliphatic rings. The molecule has 0 amide bonds. The zero-order valence-electron chi connectivity index (χ0n) is 11.9. The van der Waals surface area contributed by atoms with Gasteiger partial charge in [0.1, 0.15) is 0 Å². The second-order valence-electron chi connectivity index (χ2n) is 5.86. The fourth-order valence-electron chi connectivity index (χ4n) is 2.84. The molecule has 5 heteroatoms. The Balaban J connectivity index is 1.57. The molecular formula is C16H19N5. The molecule has 0 bridgehead atoms. The second-order valence-corrected chi connectivity index (χ2v) is 5.86. The van der Waals surface area contributed by atoms with Crippen molar-refractivity contribution in [3.05, 3.63) is 48.3 Å². The zero-order chi connectivity index (χ0) is 14.2. The molecule has 2 N–H and O–H groups in total. The number of nitrogens with two attached hydrogens (primary N) is 1. The normalized spacial score (nSPS) is 21.6. The first-order valence-electron chi connectivity index (χ1n) is 7.48. The van der Waals surface area contributed by atoms with E-state index in [1.807, 2.05) is 29.1 Å². The molecule has 1 aromatic carbocycles. The van der Waals surface area contributed by atoms with Gasteiger partial charge < -0.3 is 10.6 Å². The predicted octanol–water partition coefficient (Wildman–Crippen LogP) is 1.95. The second kappa shape index (κ2) is 4.91. The van der Waals surface area contributed by atoms with E-state index in [0.717, 1.165) is 24.7 Å². The lowest BCUT2D eigenvalue weighted by molar-refractivity contribution is 0.333. The monoisotopic (exact) mass is 281 g/mol. The van der Waals surface area contributed by atoms with Crippen LogP contribution in [0.25, 0.3) is 5.69 Å². The van der Waals surface area contributed by atoms with E-state index in [0.29, 0.717) is 5.96 Å². The topological polar surface area (TPSA) is 59.4 Å². The van der Waals surface area contributed by atoms with Crippen LogP contribution < -0.4 is 5.73 Å². The van der Waals surface area contributed by atoms with Crippen LogP contribution in [-0.4, -0.2) is 33.7 Å². The summed E-state index contributed by atoms with van der Waals surface area (Å²) in [4.78, 5) is 6.66. The first-order valence-corrected chi connectivity index (χ1v) is 7.48. The maximum absolute atomic E-state index is 6.05. The summed E-state index contributed by atoms with van der Waals surface area (Å²) in [6.45, 7) is 1.76. The Morgan fingerprint density at radius 2 is 2.00 bits per heavy atom. The molecule has 0 radical (unpaired) electrons. The third-order valence-corrected chi connectivity index (χ3v) is 4.26. The highest BCUT2D eigenvalue weighted by atomic mass is 15.3. The molecule has 5 nitrogen and oxygen atoms in total. The molecular weight excluding hydrogens is 262 g/mol. The first-order chi connectivity index (χ1) is 10.3. The molecule has 2 heterocycles. The van der Waals surface area contributed by atoms with Crippen molar-refractivity contribution in [1.29, 1.82) is 0 Å². The van der Waals surface area contributed by atoms with E-state index in [1.54, 1.807) is 0 Å². The van der Waals surface area contributed by atoms with E-state index in [-0.39, 0.29) is 6.04 Å². The fourth-order valence-corrected chi connectivity index (χ4v) is 2.84. The lowest BCUT2D eigenvalue weighted by atomic mass is 10.1. The van der Waals surface area contributed by atoms with Crippen LogP contribution in [0, 0.1) is 5.92 Å². The van der Waals surface area contributed by atoms with Crippen molar-refractivity contribution in [2.75, 3.05) is 13.1 Å². The summed E-state index contributed by atoms with van der Waals surface area (Å²) in [6.07, 6.45) is 6.67. The summed E-state index contributed by atoms with van der Waals surface area (Å²) >= 11 is 0. The van der Waals surface area contributed by atoms with Gasteiger partial charge in [-0.2, -0.15) is 5.10 Å². The molecule has 1 aliphatic carbocycles. The van der Waals surface area contributed by atoms with Gasteiger partial charge in [-0.05, 0) is 30.9 Å². The van der Waals surface area contributed by atoms with E-state index < -0.39 is 0 Å². The maximum Gasteiger partial charge on any atom is 0.191 e. The van der Waals surface area contributed by atoms with Crippen molar-refractivity contribution < 1.29 is 0 Å². The van der Waals surface area contributed by atoms with Gasteiger partial charge in [-0.25, -0.2) is 4.68 Å². The number of aromatic nitrogens is 2. The maximum atomic E-state index is 6.05. The summed E-state index contributed by atoms with van der Waals surface area (Å²) in [5.74, 6) is 1.47. The lowest BCUT2D eigenvalue weighted by Crippen LogP contribution is -2.37. The molecule has 0 saturated heterocycles. The predicted molar refractivity (Wildman–Crippen MR) is 82.2 cm³/mol. The minimum Gasteiger partial charge on any atom is -0.370 e. The molecule has 1 unspecified atom stereocenters. The number of benzene rings is 1. The van der Waals surface area contributed by atoms with Crippen LogP contribution in [0.3, 0.4) is 0 Å². The van der Waals surface area contributed by atoms with Crippen molar-refractivity contribution >= 4 is 5.96 Å². The third kappa shape index (κ3) is 2.39. The van der Waals surface area contributed by atoms with Gasteiger partial charge in [0.05, 0.1) is 24.5 Å². The molecule has 1 aliphatic heterocycles. The number of hydrogen-bond acceptors (Lipinski definition) is 4. The molecule has 21 heavy (non-hydrogen) atoms. The van der Waals surface area contributed by atoms with E-state index in [1.165, 1.54) is 18.4 Å². The fraction of sp³-hybridized carbons (Fsp3) is 0.375. The number of para-hydroxylation sites is 1. The number of rotatable bonds is 4. The van der Waals surface area contributed by atoms with Gasteiger partial charge in [-0.15, -0.1) is 0 Å². The van der Waals surface area contributed by atoms with Crippen molar-refractivity contribution in [1.82, 2.24) is 14.7 Å². The van der Waals surface area contributed by atoms with Crippen molar-refractivity contribution in [2.24, 2.45) is 16.6 Å². The molecule has 0 spiro atoms. The van der Waals surface area contributed by atoms with E-state index in [4.69, 9.17) is 5.73 Å². The van der Waals surface area contributed by atoms with Crippen LogP contribution in [0.2, 0.25) is 0 Å². The van der Waals surface area contributed by atoms with Crippen LogP contribution in [0.4, 0.5) is 0 Å². The molecule has 108 valence electrons. The Bertz CT molecular complexity index is 656. The Morgan fingerprint density at radius 1 is 1.19 bits per heavy atom. The number of guanidine groups is 1. The minimum atomic E-state index is 0.239. The summed E-state index contributed by atoms with van der Waals surface area (Å²) < 4.78 is 1.92. The Morgan fingerprint density at radius 3 is 2.76 bits per heavy atom. The molecule has 1 fully saturated rings. The summed E-state index contributed by atoms with van der Waals surface area (Å²) in [5, 5.41) is 4.48. The Hall–Kier alpha value is -2.30. The molecule has 1 aromatic heterocycles. The van der Waals surface area contributed by atoms with Crippen LogP contribution in [0.5, 0.6) is 0 Å². The average Bonchev–Trinajstić information content (AvgIpc) is 3.07. The highest BCUT2D eigenvalue weighted by Crippen LogP contribution is 2.34. The molecule has 2 aromatic rings. The standard InChI is InChI=1S/C16H19N5/c17-16-18-9-15(20(16)10-12-6-7-12)13-8-19-21(11-13)14-4-2-1-3-5-14/h1-5,8,11-12,15H,6-7,9-10H2,(H2,17,18). The van der Waals surface area contributed by atoms with Gasteiger partial charge in [-0.1, -0.05) is 18.2 Å². The SMILES string of the molecule is NC1=NCC(c2cnn(-c3ccccc3)c2)N1CC1CC1. The first kappa shape index (κ1) is 12.4. The molecule has 1 atom stereocenters. The van der Waals surface area contributed by atoms with Gasteiger partial charge in [0, 0.05) is 18.3 Å². The van der Waals surface area contributed by atoms with Gasteiger partial charge in [0.25, 0.3) is 0 Å². The number of nitrogens with zero attached hydrogens (tertiary/aromatic N) is 4. The molecule has 4 rings (SSSR count). The third-order valence-electron chi connectivity index (χ3n) is 4.26. The van der Waals surface area contributed by atoms with E-state index in [9.17, 15) is 0 Å². The number of aliphatic imine (C=N–C) groups is 1. The Labute approximate surface area is 124 Å². The van der Waals surface area contributed by atoms with Crippen molar-refractivity contribution in [2.45, 2.75) is 18.9 Å². The van der Waals surface area contributed by atoms with Crippen LogP contribution in [-0.2, 0) is 0 Å². The van der Waals surface area contributed by atoms with Gasteiger partial charge in [-0.3, -0.25) is 4.99 Å². The largest absolute Gasteiger partial charge is 0.370 e. The van der Waals surface area contributed by atoms with Crippen LogP contribution in [0.15, 0.2) is 47.7 Å². The summed E-state index contributed by atoms with van der Waals surface area (Å²) in [7, 11) is 0. The van der Waals surface area contributed by atoms with E-state index >= 15 is 0 Å². The molecule has 1 saturated carbocycles. The summed E-state index contributed by atoms with van der Waals surface area (Å²) in [6, 6.07) is 10.4. The minimum absolute atomic E-state index is 0.239. The van der Waals surface area contributed by atoms with Crippen LogP contribution >= 0.6 is 0 Å². The smallest absolute Gasteiger partial charge is 0.191 e. The van der Waals surface area contributed by atoms with Crippen LogP contribution in [0.1, 0.15) is 24.4 Å². The van der Waals surface area contributed by atoms with Gasteiger partial charge >= 0.3 is 0 Å². The zero-order valence-corrected chi connectivity index (χ0v) is 11.9. The highest BCUT2D eigenvalue weighted by Gasteiger charge is 2.33. The highest BCUT2D eigenvalue weighted by molar-refractivity contribution is 5.80. The quantitative estimate of drug-likeness (QED) is 0.932. The van der Waals surface area contributed by atoms with Crippen molar-refractivity contribution in [3.8, 4) is 5.69 Å². The summed E-state index contributed by atoms with van der Waals surface area (Å²) in [5.41, 5.74) is 8.31. The van der Waals surface area contributed by atoms with Gasteiger partial charge in [0.2, 0.25) is 0 Å². The average molecular weight is 281 g/mol. The lowest BCUT2D eigenvalue weighted by Gasteiger charge is -2.25. The van der Waals surface area contributed by atoms with E-state index in [2.05, 4.69) is 33.3 Å². The van der Waals surface area contributed by atoms with Gasteiger partial charge in [0.15, 0.2) is 5.96 Å².